The number of nitrogens with zero attached hydrogens (tertiary/aromatic N) is 1. The molecule has 1 rings (SSSR count). The van der Waals surface area contributed by atoms with E-state index in [1.807, 2.05) is 0 Å². The second-order valence-corrected chi connectivity index (χ2v) is 7.53. The van der Waals surface area contributed by atoms with Crippen molar-refractivity contribution in [2.75, 3.05) is 32.1 Å². The molecule has 0 aromatic heterocycles. The van der Waals surface area contributed by atoms with Crippen molar-refractivity contribution in [3.63, 3.8) is 0 Å². The van der Waals surface area contributed by atoms with Crippen molar-refractivity contribution < 1.29 is 13.2 Å². The summed E-state index contributed by atoms with van der Waals surface area (Å²) >= 11 is 0. The van der Waals surface area contributed by atoms with Crippen molar-refractivity contribution in [3.8, 4) is 0 Å². The van der Waals surface area contributed by atoms with Crippen LogP contribution in [0.5, 0.6) is 0 Å². The highest BCUT2D eigenvalue weighted by molar-refractivity contribution is 7.90. The van der Waals surface area contributed by atoms with E-state index in [1.165, 1.54) is 6.26 Å². The minimum absolute atomic E-state index is 0. The SMILES string of the molecule is CC(CS(C)(=O)=O)N(C)C(=O)CCC1CCNC1.Cl. The van der Waals surface area contributed by atoms with Gasteiger partial charge < -0.3 is 10.2 Å². The Morgan fingerprint density at radius 2 is 2.11 bits per heavy atom. The van der Waals surface area contributed by atoms with E-state index < -0.39 is 9.84 Å². The molecule has 0 radical (unpaired) electrons. The number of amides is 1. The maximum absolute atomic E-state index is 11.9. The van der Waals surface area contributed by atoms with E-state index in [9.17, 15) is 13.2 Å². The Balaban J connectivity index is 0.00000324. The molecule has 1 fully saturated rings. The maximum Gasteiger partial charge on any atom is 0.222 e. The van der Waals surface area contributed by atoms with Crippen molar-refractivity contribution in [2.45, 2.75) is 32.2 Å². The molecule has 1 N–H and O–H groups in total. The molecule has 2 atom stereocenters. The van der Waals surface area contributed by atoms with Gasteiger partial charge in [0.2, 0.25) is 5.91 Å². The molecule has 2 unspecified atom stereocenters. The van der Waals surface area contributed by atoms with Gasteiger partial charge in [-0.1, -0.05) is 0 Å². The molecule has 0 saturated carbocycles. The van der Waals surface area contributed by atoms with Crippen LogP contribution in [0.1, 0.15) is 26.2 Å². The van der Waals surface area contributed by atoms with Gasteiger partial charge in [0.1, 0.15) is 9.84 Å². The van der Waals surface area contributed by atoms with Crippen LogP contribution in [-0.2, 0) is 14.6 Å². The Bertz CT molecular complexity index is 380. The molecule has 1 amide bonds. The van der Waals surface area contributed by atoms with E-state index in [1.54, 1.807) is 18.9 Å². The third-order valence-corrected chi connectivity index (χ3v) is 4.62. The fourth-order valence-electron chi connectivity index (χ4n) is 2.26. The normalized spacial score (nSPS) is 20.7. The van der Waals surface area contributed by atoms with Crippen LogP contribution in [0.3, 0.4) is 0 Å². The Labute approximate surface area is 122 Å². The average Bonchev–Trinajstić information content (AvgIpc) is 2.75. The first-order valence-electron chi connectivity index (χ1n) is 6.43. The summed E-state index contributed by atoms with van der Waals surface area (Å²) in [6, 6.07) is -0.255. The van der Waals surface area contributed by atoms with Crippen LogP contribution < -0.4 is 5.32 Å². The van der Waals surface area contributed by atoms with Crippen LogP contribution >= 0.6 is 12.4 Å². The maximum atomic E-state index is 11.9. The predicted octanol–water partition coefficient (Wildman–Crippen LogP) is 0.689. The van der Waals surface area contributed by atoms with E-state index >= 15 is 0 Å². The summed E-state index contributed by atoms with van der Waals surface area (Å²) in [7, 11) is -1.35. The van der Waals surface area contributed by atoms with Crippen molar-refractivity contribution in [1.82, 2.24) is 10.2 Å². The Morgan fingerprint density at radius 1 is 1.47 bits per heavy atom. The van der Waals surface area contributed by atoms with E-state index in [2.05, 4.69) is 5.32 Å². The zero-order valence-electron chi connectivity index (χ0n) is 11.9. The van der Waals surface area contributed by atoms with Gasteiger partial charge in [0.05, 0.1) is 5.75 Å². The lowest BCUT2D eigenvalue weighted by Crippen LogP contribution is -2.39. The molecule has 114 valence electrons. The van der Waals surface area contributed by atoms with Gasteiger partial charge in [0.25, 0.3) is 0 Å². The van der Waals surface area contributed by atoms with Gasteiger partial charge in [-0.05, 0) is 38.8 Å². The Morgan fingerprint density at radius 3 is 2.58 bits per heavy atom. The molecule has 1 saturated heterocycles. The lowest BCUT2D eigenvalue weighted by molar-refractivity contribution is -0.131. The number of sulfone groups is 1. The Kier molecular flexibility index (Phi) is 7.93. The quantitative estimate of drug-likeness (QED) is 0.783. The number of nitrogens with one attached hydrogen (secondary N) is 1. The summed E-state index contributed by atoms with van der Waals surface area (Å²) in [5.41, 5.74) is 0. The zero-order valence-corrected chi connectivity index (χ0v) is 13.5. The van der Waals surface area contributed by atoms with Crippen LogP contribution in [0.15, 0.2) is 0 Å². The minimum atomic E-state index is -3.04. The number of hydrogen-bond acceptors (Lipinski definition) is 4. The molecular weight excluding hydrogens is 288 g/mol. The average molecular weight is 313 g/mol. The molecule has 1 aliphatic heterocycles. The van der Waals surface area contributed by atoms with Gasteiger partial charge >= 0.3 is 0 Å². The second-order valence-electron chi connectivity index (χ2n) is 5.34. The molecule has 1 heterocycles. The lowest BCUT2D eigenvalue weighted by Gasteiger charge is -2.24. The third-order valence-electron chi connectivity index (χ3n) is 3.53. The lowest BCUT2D eigenvalue weighted by atomic mass is 10.0. The van der Waals surface area contributed by atoms with Gasteiger partial charge in [0.15, 0.2) is 0 Å². The number of hydrogen-bond donors (Lipinski definition) is 1. The van der Waals surface area contributed by atoms with Gasteiger partial charge in [-0.15, -0.1) is 12.4 Å². The molecule has 0 bridgehead atoms. The predicted molar refractivity (Wildman–Crippen MR) is 79.4 cm³/mol. The van der Waals surface area contributed by atoms with Crippen LogP contribution in [0, 0.1) is 5.92 Å². The molecule has 0 aromatic rings. The molecule has 7 heteroatoms. The fraction of sp³-hybridized carbons (Fsp3) is 0.917. The summed E-state index contributed by atoms with van der Waals surface area (Å²) < 4.78 is 22.4. The second kappa shape index (κ2) is 8.07. The van der Waals surface area contributed by atoms with Crippen molar-refractivity contribution >= 4 is 28.2 Å². The van der Waals surface area contributed by atoms with Gasteiger partial charge in [-0.3, -0.25) is 4.79 Å². The van der Waals surface area contributed by atoms with Crippen molar-refractivity contribution in [1.29, 1.82) is 0 Å². The molecule has 0 aromatic carbocycles. The van der Waals surface area contributed by atoms with E-state index in [0.717, 1.165) is 25.9 Å². The highest BCUT2D eigenvalue weighted by Gasteiger charge is 2.21. The molecular formula is C12H25ClN2O3S. The summed E-state index contributed by atoms with van der Waals surface area (Å²) in [6.45, 7) is 3.81. The Hall–Kier alpha value is -0.330. The van der Waals surface area contributed by atoms with Crippen LogP contribution in [0.4, 0.5) is 0 Å². The number of halogens is 1. The van der Waals surface area contributed by atoms with E-state index in [4.69, 9.17) is 0 Å². The standard InChI is InChI=1S/C12H24N2O3S.ClH/c1-10(9-18(3,16)17)14(2)12(15)5-4-11-6-7-13-8-11;/h10-11,13H,4-9H2,1-3H3;1H. The number of rotatable bonds is 6. The molecule has 0 spiro atoms. The summed E-state index contributed by atoms with van der Waals surface area (Å²) in [6.07, 6.45) is 3.74. The molecule has 19 heavy (non-hydrogen) atoms. The van der Waals surface area contributed by atoms with Crippen LogP contribution in [0.2, 0.25) is 0 Å². The monoisotopic (exact) mass is 312 g/mol. The molecule has 1 aliphatic rings. The largest absolute Gasteiger partial charge is 0.342 e. The first-order valence-corrected chi connectivity index (χ1v) is 8.49. The smallest absolute Gasteiger partial charge is 0.222 e. The highest BCUT2D eigenvalue weighted by atomic mass is 35.5. The van der Waals surface area contributed by atoms with Gasteiger partial charge in [0, 0.05) is 25.8 Å². The summed E-state index contributed by atoms with van der Waals surface area (Å²) in [5.74, 6) is 0.658. The fourth-order valence-corrected chi connectivity index (χ4v) is 3.36. The highest BCUT2D eigenvalue weighted by Crippen LogP contribution is 2.15. The first-order chi connectivity index (χ1) is 8.29. The van der Waals surface area contributed by atoms with Crippen LogP contribution in [-0.4, -0.2) is 57.4 Å². The van der Waals surface area contributed by atoms with Crippen molar-refractivity contribution in [2.24, 2.45) is 5.92 Å². The zero-order chi connectivity index (χ0) is 13.8. The van der Waals surface area contributed by atoms with E-state index in [0.29, 0.717) is 12.3 Å². The van der Waals surface area contributed by atoms with E-state index in [-0.39, 0.29) is 30.1 Å². The summed E-state index contributed by atoms with van der Waals surface area (Å²) in [4.78, 5) is 13.5. The summed E-state index contributed by atoms with van der Waals surface area (Å²) in [5, 5.41) is 3.27. The number of carbonyl (C=O) groups excluding carboxylic acids is 1. The molecule has 0 aliphatic carbocycles. The number of carbonyl (C=O) groups is 1. The molecule has 5 nitrogen and oxygen atoms in total. The topological polar surface area (TPSA) is 66.5 Å². The van der Waals surface area contributed by atoms with Crippen molar-refractivity contribution in [3.05, 3.63) is 0 Å². The van der Waals surface area contributed by atoms with Crippen LogP contribution in [0.25, 0.3) is 0 Å². The first kappa shape index (κ1) is 18.7. The van der Waals surface area contributed by atoms with Gasteiger partial charge in [-0.2, -0.15) is 0 Å². The third kappa shape index (κ3) is 7.13. The minimum Gasteiger partial charge on any atom is -0.342 e. The van der Waals surface area contributed by atoms with Gasteiger partial charge in [-0.25, -0.2) is 8.42 Å².